The molecule has 5 heteroatoms. The van der Waals surface area contributed by atoms with Crippen molar-refractivity contribution in [2.75, 3.05) is 19.1 Å². The fourth-order valence-electron chi connectivity index (χ4n) is 2.84. The highest BCUT2D eigenvalue weighted by Gasteiger charge is 2.31. The average Bonchev–Trinajstić information content (AvgIpc) is 3.06. The van der Waals surface area contributed by atoms with E-state index >= 15 is 0 Å². The molecule has 4 rings (SSSR count). The highest BCUT2D eigenvalue weighted by molar-refractivity contribution is 8.14. The first kappa shape index (κ1) is 11.5. The quantitative estimate of drug-likeness (QED) is 0.789. The van der Waals surface area contributed by atoms with Crippen molar-refractivity contribution in [2.24, 2.45) is 4.99 Å². The molecule has 0 spiro atoms. The van der Waals surface area contributed by atoms with Crippen molar-refractivity contribution in [1.29, 1.82) is 0 Å². The second-order valence-corrected chi connectivity index (χ2v) is 6.07. The maximum Gasteiger partial charge on any atom is 0.231 e. The van der Waals surface area contributed by atoms with Gasteiger partial charge in [0.25, 0.3) is 0 Å². The summed E-state index contributed by atoms with van der Waals surface area (Å²) in [5.74, 6) is 2.81. The van der Waals surface area contributed by atoms with Crippen molar-refractivity contribution < 1.29 is 9.47 Å². The van der Waals surface area contributed by atoms with Gasteiger partial charge in [0, 0.05) is 24.4 Å². The van der Waals surface area contributed by atoms with Crippen LogP contribution in [0.25, 0.3) is 0 Å². The van der Waals surface area contributed by atoms with Crippen molar-refractivity contribution in [3.05, 3.63) is 18.2 Å². The number of piperidine rings is 1. The van der Waals surface area contributed by atoms with Crippen LogP contribution in [0.5, 0.6) is 11.5 Å². The SMILES string of the molecule is c1cc2c(cc1N=C1SC[C@@H]3CCCCN13)OCO2. The van der Waals surface area contributed by atoms with Crippen LogP contribution >= 0.6 is 11.8 Å². The Kier molecular flexibility index (Phi) is 2.80. The number of rotatable bonds is 1. The molecule has 100 valence electrons. The lowest BCUT2D eigenvalue weighted by Crippen LogP contribution is -2.37. The number of hydrogen-bond donors (Lipinski definition) is 0. The topological polar surface area (TPSA) is 34.1 Å². The van der Waals surface area contributed by atoms with Crippen LogP contribution in [-0.2, 0) is 0 Å². The van der Waals surface area contributed by atoms with E-state index < -0.39 is 0 Å². The number of ether oxygens (including phenoxy) is 2. The van der Waals surface area contributed by atoms with Gasteiger partial charge >= 0.3 is 0 Å². The molecule has 0 aromatic heterocycles. The van der Waals surface area contributed by atoms with Gasteiger partial charge in [-0.15, -0.1) is 0 Å². The standard InChI is InChI=1S/C14H16N2O2S/c1-2-6-16-11(3-1)8-19-14(16)15-10-4-5-12-13(7-10)18-9-17-12/h4-5,7,11H,1-3,6,8-9H2/t11-/m0/s1. The molecule has 2 saturated heterocycles. The van der Waals surface area contributed by atoms with E-state index in [0.29, 0.717) is 12.8 Å². The number of fused-ring (bicyclic) bond motifs is 2. The molecule has 19 heavy (non-hydrogen) atoms. The molecule has 4 nitrogen and oxygen atoms in total. The summed E-state index contributed by atoms with van der Waals surface area (Å²) in [5, 5.41) is 1.17. The van der Waals surface area contributed by atoms with Crippen LogP contribution in [0.4, 0.5) is 5.69 Å². The third-order valence-electron chi connectivity index (χ3n) is 3.86. The Balaban J connectivity index is 1.61. The van der Waals surface area contributed by atoms with Crippen LogP contribution in [0, 0.1) is 0 Å². The van der Waals surface area contributed by atoms with Gasteiger partial charge < -0.3 is 14.4 Å². The number of thioether (sulfide) groups is 1. The Morgan fingerprint density at radius 2 is 2.16 bits per heavy atom. The second-order valence-electron chi connectivity index (χ2n) is 5.09. The molecular formula is C14H16N2O2S. The summed E-state index contributed by atoms with van der Waals surface area (Å²) in [7, 11) is 0. The molecule has 0 radical (unpaired) electrons. The average molecular weight is 276 g/mol. The summed E-state index contributed by atoms with van der Waals surface area (Å²) in [5.41, 5.74) is 0.956. The molecule has 0 bridgehead atoms. The number of hydrogen-bond acceptors (Lipinski definition) is 4. The highest BCUT2D eigenvalue weighted by atomic mass is 32.2. The zero-order valence-electron chi connectivity index (χ0n) is 10.7. The molecule has 3 aliphatic rings. The first-order chi connectivity index (χ1) is 9.40. The maximum atomic E-state index is 5.40. The van der Waals surface area contributed by atoms with Gasteiger partial charge in [0.05, 0.1) is 5.69 Å². The van der Waals surface area contributed by atoms with E-state index in [1.54, 1.807) is 0 Å². The maximum absolute atomic E-state index is 5.40. The molecule has 0 amide bonds. The lowest BCUT2D eigenvalue weighted by molar-refractivity contribution is 0.174. The molecule has 3 heterocycles. The largest absolute Gasteiger partial charge is 0.454 e. The molecule has 3 aliphatic heterocycles. The molecule has 0 saturated carbocycles. The van der Waals surface area contributed by atoms with Crippen LogP contribution in [0.3, 0.4) is 0 Å². The summed E-state index contributed by atoms with van der Waals surface area (Å²) in [6.45, 7) is 1.47. The summed E-state index contributed by atoms with van der Waals surface area (Å²) in [6, 6.07) is 6.60. The Morgan fingerprint density at radius 1 is 1.21 bits per heavy atom. The number of amidine groups is 1. The minimum Gasteiger partial charge on any atom is -0.454 e. The van der Waals surface area contributed by atoms with E-state index in [9.17, 15) is 0 Å². The van der Waals surface area contributed by atoms with Gasteiger partial charge in [-0.3, -0.25) is 0 Å². The lowest BCUT2D eigenvalue weighted by Gasteiger charge is -2.30. The van der Waals surface area contributed by atoms with E-state index in [2.05, 4.69) is 4.90 Å². The minimum atomic E-state index is 0.318. The van der Waals surface area contributed by atoms with Gasteiger partial charge in [-0.25, -0.2) is 4.99 Å². The molecule has 0 N–H and O–H groups in total. The van der Waals surface area contributed by atoms with Gasteiger partial charge in [0.1, 0.15) is 0 Å². The molecule has 1 aromatic carbocycles. The molecule has 1 aromatic rings. The monoisotopic (exact) mass is 276 g/mol. The van der Waals surface area contributed by atoms with E-state index in [1.807, 2.05) is 30.0 Å². The van der Waals surface area contributed by atoms with Crippen LogP contribution < -0.4 is 9.47 Å². The lowest BCUT2D eigenvalue weighted by atomic mass is 10.1. The molecule has 1 atom stereocenters. The van der Waals surface area contributed by atoms with Crippen molar-refractivity contribution >= 4 is 22.6 Å². The fraction of sp³-hybridized carbons (Fsp3) is 0.500. The van der Waals surface area contributed by atoms with Gasteiger partial charge in [0.15, 0.2) is 16.7 Å². The highest BCUT2D eigenvalue weighted by Crippen LogP contribution is 2.37. The van der Waals surface area contributed by atoms with Crippen LogP contribution in [-0.4, -0.2) is 35.2 Å². The van der Waals surface area contributed by atoms with Gasteiger partial charge in [-0.1, -0.05) is 11.8 Å². The molecule has 2 fully saturated rings. The smallest absolute Gasteiger partial charge is 0.231 e. The Labute approximate surface area is 116 Å². The van der Waals surface area contributed by atoms with Crippen LogP contribution in [0.2, 0.25) is 0 Å². The fourth-order valence-corrected chi connectivity index (χ4v) is 4.11. The summed E-state index contributed by atoms with van der Waals surface area (Å²) >= 11 is 1.88. The summed E-state index contributed by atoms with van der Waals surface area (Å²) < 4.78 is 10.7. The van der Waals surface area contributed by atoms with Crippen molar-refractivity contribution in [2.45, 2.75) is 25.3 Å². The van der Waals surface area contributed by atoms with Crippen LogP contribution in [0.1, 0.15) is 19.3 Å². The molecule has 0 unspecified atom stereocenters. The zero-order chi connectivity index (χ0) is 12.7. The number of nitrogens with zero attached hydrogens (tertiary/aromatic N) is 2. The Bertz CT molecular complexity index is 532. The predicted octanol–water partition coefficient (Wildman–Crippen LogP) is 3.00. The van der Waals surface area contributed by atoms with E-state index in [4.69, 9.17) is 14.5 Å². The van der Waals surface area contributed by atoms with E-state index in [-0.39, 0.29) is 0 Å². The van der Waals surface area contributed by atoms with Gasteiger partial charge in [-0.05, 0) is 31.4 Å². The first-order valence-corrected chi connectivity index (χ1v) is 7.76. The second kappa shape index (κ2) is 4.63. The molecule has 0 aliphatic carbocycles. The van der Waals surface area contributed by atoms with Crippen molar-refractivity contribution in [1.82, 2.24) is 4.90 Å². The van der Waals surface area contributed by atoms with Crippen molar-refractivity contribution in [3.8, 4) is 11.5 Å². The predicted molar refractivity (Wildman–Crippen MR) is 76.5 cm³/mol. The minimum absolute atomic E-state index is 0.318. The third kappa shape index (κ3) is 2.06. The van der Waals surface area contributed by atoms with E-state index in [1.165, 1.54) is 30.2 Å². The third-order valence-corrected chi connectivity index (χ3v) is 4.99. The number of benzene rings is 1. The van der Waals surface area contributed by atoms with Gasteiger partial charge in [-0.2, -0.15) is 0 Å². The Morgan fingerprint density at radius 3 is 3.16 bits per heavy atom. The summed E-state index contributed by atoms with van der Waals surface area (Å²) in [4.78, 5) is 7.26. The zero-order valence-corrected chi connectivity index (χ0v) is 11.5. The summed E-state index contributed by atoms with van der Waals surface area (Å²) in [6.07, 6.45) is 3.96. The Hall–Kier alpha value is -1.36. The normalized spacial score (nSPS) is 26.8. The van der Waals surface area contributed by atoms with Crippen LogP contribution in [0.15, 0.2) is 23.2 Å². The molecular weight excluding hydrogens is 260 g/mol. The van der Waals surface area contributed by atoms with Crippen molar-refractivity contribution in [3.63, 3.8) is 0 Å². The number of aliphatic imine (C=N–C) groups is 1. The first-order valence-electron chi connectivity index (χ1n) is 6.78. The van der Waals surface area contributed by atoms with E-state index in [0.717, 1.165) is 23.7 Å². The van der Waals surface area contributed by atoms with Gasteiger partial charge in [0.2, 0.25) is 6.79 Å².